The summed E-state index contributed by atoms with van der Waals surface area (Å²) in [6.45, 7) is 6.48. The Bertz CT molecular complexity index is 401. The molecule has 0 N–H and O–H groups in total. The Balaban J connectivity index is 2.60. The summed E-state index contributed by atoms with van der Waals surface area (Å²) in [5.74, 6) is 0.0227. The lowest BCUT2D eigenvalue weighted by Gasteiger charge is -2.17. The molecule has 0 unspecified atom stereocenters. The van der Waals surface area contributed by atoms with Crippen LogP contribution in [0, 0.1) is 0 Å². The highest BCUT2D eigenvalue weighted by Crippen LogP contribution is 2.19. The van der Waals surface area contributed by atoms with Gasteiger partial charge in [-0.3, -0.25) is 9.79 Å². The number of nitrogens with zero attached hydrogens (tertiary/aromatic N) is 2. The number of unbranched alkanes of at least 4 members (excludes halogenated alkanes) is 3. The van der Waals surface area contributed by atoms with Crippen molar-refractivity contribution < 1.29 is 4.79 Å². The summed E-state index contributed by atoms with van der Waals surface area (Å²) in [6.07, 6.45) is 4.67. The largest absolute Gasteiger partial charge is 0.342 e. The normalized spacial score (nSPS) is 10.1. The van der Waals surface area contributed by atoms with Crippen LogP contribution in [0.1, 0.15) is 43.0 Å². The fourth-order valence-electron chi connectivity index (χ4n) is 1.88. The minimum absolute atomic E-state index is 0.0227. The van der Waals surface area contributed by atoms with Gasteiger partial charge in [0.1, 0.15) is 0 Å². The average Bonchev–Trinajstić information content (AvgIpc) is 2.42. The highest BCUT2D eigenvalue weighted by Gasteiger charge is 2.14. The quantitative estimate of drug-likeness (QED) is 0.533. The lowest BCUT2D eigenvalue weighted by molar-refractivity contribution is 0.0793. The summed E-state index contributed by atoms with van der Waals surface area (Å²) in [6, 6.07) is 7.33. The molecule has 98 valence electrons. The molecule has 0 spiro atoms. The van der Waals surface area contributed by atoms with E-state index in [4.69, 9.17) is 0 Å². The van der Waals surface area contributed by atoms with Crippen LogP contribution in [0.2, 0.25) is 0 Å². The second-order valence-electron chi connectivity index (χ2n) is 4.46. The van der Waals surface area contributed by atoms with Crippen LogP contribution in [0.4, 0.5) is 5.69 Å². The van der Waals surface area contributed by atoms with E-state index in [1.807, 2.05) is 25.2 Å². The second kappa shape index (κ2) is 7.64. The maximum absolute atomic E-state index is 12.2. The van der Waals surface area contributed by atoms with Crippen molar-refractivity contribution in [2.24, 2.45) is 4.99 Å². The van der Waals surface area contributed by atoms with Crippen LogP contribution in [0.5, 0.6) is 0 Å². The van der Waals surface area contributed by atoms with Gasteiger partial charge in [-0.05, 0) is 25.3 Å². The predicted octanol–water partition coefficient (Wildman–Crippen LogP) is 3.67. The van der Waals surface area contributed by atoms with Crippen LogP contribution in [0.25, 0.3) is 0 Å². The van der Waals surface area contributed by atoms with E-state index in [2.05, 4.69) is 18.6 Å². The van der Waals surface area contributed by atoms with Crippen LogP contribution >= 0.6 is 0 Å². The number of rotatable bonds is 7. The summed E-state index contributed by atoms with van der Waals surface area (Å²) >= 11 is 0. The van der Waals surface area contributed by atoms with Gasteiger partial charge in [-0.25, -0.2) is 0 Å². The van der Waals surface area contributed by atoms with Crippen molar-refractivity contribution in [3.63, 3.8) is 0 Å². The van der Waals surface area contributed by atoms with Crippen molar-refractivity contribution in [1.29, 1.82) is 0 Å². The zero-order chi connectivity index (χ0) is 13.4. The molecule has 0 aliphatic carbocycles. The maximum atomic E-state index is 12.2. The van der Waals surface area contributed by atoms with Crippen LogP contribution < -0.4 is 0 Å². The highest BCUT2D eigenvalue weighted by molar-refractivity contribution is 5.99. The Morgan fingerprint density at radius 2 is 2.00 bits per heavy atom. The molecule has 1 amide bonds. The SMILES string of the molecule is C=Nc1ccccc1C(=O)N(C)CCCCCC. The summed E-state index contributed by atoms with van der Waals surface area (Å²) in [5, 5.41) is 0. The van der Waals surface area contributed by atoms with Crippen molar-refractivity contribution in [3.05, 3.63) is 29.8 Å². The van der Waals surface area contributed by atoms with Gasteiger partial charge in [-0.2, -0.15) is 0 Å². The van der Waals surface area contributed by atoms with Gasteiger partial charge < -0.3 is 4.90 Å². The van der Waals surface area contributed by atoms with Gasteiger partial charge in [0, 0.05) is 13.6 Å². The van der Waals surface area contributed by atoms with Gasteiger partial charge in [0.05, 0.1) is 11.3 Å². The number of amides is 1. The molecular formula is C15H22N2O. The van der Waals surface area contributed by atoms with E-state index in [-0.39, 0.29) is 5.91 Å². The molecule has 1 rings (SSSR count). The third-order valence-corrected chi connectivity index (χ3v) is 3.00. The molecule has 0 saturated heterocycles. The second-order valence-corrected chi connectivity index (χ2v) is 4.46. The van der Waals surface area contributed by atoms with Crippen molar-refractivity contribution in [2.45, 2.75) is 32.6 Å². The molecule has 1 aromatic rings. The summed E-state index contributed by atoms with van der Waals surface area (Å²) in [4.78, 5) is 17.9. The Kier molecular flexibility index (Phi) is 6.12. The fourth-order valence-corrected chi connectivity index (χ4v) is 1.88. The van der Waals surface area contributed by atoms with E-state index in [0.717, 1.165) is 13.0 Å². The van der Waals surface area contributed by atoms with E-state index in [1.165, 1.54) is 19.3 Å². The first-order valence-electron chi connectivity index (χ1n) is 6.52. The lowest BCUT2D eigenvalue weighted by Crippen LogP contribution is -2.27. The molecule has 0 radical (unpaired) electrons. The molecule has 0 saturated carbocycles. The molecule has 0 heterocycles. The molecule has 0 fully saturated rings. The van der Waals surface area contributed by atoms with Crippen molar-refractivity contribution in [3.8, 4) is 0 Å². The van der Waals surface area contributed by atoms with E-state index in [9.17, 15) is 4.79 Å². The Morgan fingerprint density at radius 3 is 2.67 bits per heavy atom. The number of carbonyl (C=O) groups is 1. The minimum Gasteiger partial charge on any atom is -0.342 e. The number of hydrogen-bond donors (Lipinski definition) is 0. The van der Waals surface area contributed by atoms with E-state index in [0.29, 0.717) is 11.3 Å². The Hall–Kier alpha value is -1.64. The molecule has 0 aromatic heterocycles. The molecular weight excluding hydrogens is 224 g/mol. The third kappa shape index (κ3) is 3.99. The van der Waals surface area contributed by atoms with Gasteiger partial charge >= 0.3 is 0 Å². The van der Waals surface area contributed by atoms with E-state index < -0.39 is 0 Å². The first-order valence-corrected chi connectivity index (χ1v) is 6.52. The number of carbonyl (C=O) groups excluding carboxylic acids is 1. The van der Waals surface area contributed by atoms with Crippen LogP contribution in [0.15, 0.2) is 29.3 Å². The van der Waals surface area contributed by atoms with Crippen LogP contribution in [-0.4, -0.2) is 31.1 Å². The van der Waals surface area contributed by atoms with Crippen molar-refractivity contribution >= 4 is 18.3 Å². The number of aliphatic imine (C=N–C) groups is 1. The van der Waals surface area contributed by atoms with E-state index in [1.54, 1.807) is 11.0 Å². The molecule has 3 nitrogen and oxygen atoms in total. The Labute approximate surface area is 110 Å². The van der Waals surface area contributed by atoms with Crippen LogP contribution in [0.3, 0.4) is 0 Å². The van der Waals surface area contributed by atoms with Crippen LogP contribution in [-0.2, 0) is 0 Å². The zero-order valence-corrected chi connectivity index (χ0v) is 11.4. The van der Waals surface area contributed by atoms with Gasteiger partial charge in [0.25, 0.3) is 5.91 Å². The van der Waals surface area contributed by atoms with E-state index >= 15 is 0 Å². The Morgan fingerprint density at radius 1 is 1.28 bits per heavy atom. The van der Waals surface area contributed by atoms with Crippen molar-refractivity contribution in [2.75, 3.05) is 13.6 Å². The smallest absolute Gasteiger partial charge is 0.255 e. The molecule has 3 heteroatoms. The molecule has 0 atom stereocenters. The maximum Gasteiger partial charge on any atom is 0.255 e. The molecule has 0 bridgehead atoms. The first kappa shape index (κ1) is 14.4. The topological polar surface area (TPSA) is 32.7 Å². The molecule has 18 heavy (non-hydrogen) atoms. The third-order valence-electron chi connectivity index (χ3n) is 3.00. The molecule has 0 aliphatic heterocycles. The summed E-state index contributed by atoms with van der Waals surface area (Å²) in [7, 11) is 1.84. The van der Waals surface area contributed by atoms with Gasteiger partial charge in [-0.15, -0.1) is 0 Å². The van der Waals surface area contributed by atoms with Crippen molar-refractivity contribution in [1.82, 2.24) is 4.90 Å². The standard InChI is InChI=1S/C15H22N2O/c1-4-5-6-9-12-17(3)15(18)13-10-7-8-11-14(13)16-2/h7-8,10-11H,2,4-6,9,12H2,1,3H3. The monoisotopic (exact) mass is 246 g/mol. The lowest BCUT2D eigenvalue weighted by atomic mass is 10.1. The first-order chi connectivity index (χ1) is 8.70. The molecule has 0 aliphatic rings. The fraction of sp³-hybridized carbons (Fsp3) is 0.467. The zero-order valence-electron chi connectivity index (χ0n) is 11.4. The number of hydrogen-bond acceptors (Lipinski definition) is 2. The van der Waals surface area contributed by atoms with Gasteiger partial charge in [0.2, 0.25) is 0 Å². The summed E-state index contributed by atoms with van der Waals surface area (Å²) in [5.41, 5.74) is 1.29. The highest BCUT2D eigenvalue weighted by atomic mass is 16.2. The molecule has 1 aromatic carbocycles. The van der Waals surface area contributed by atoms with Gasteiger partial charge in [-0.1, -0.05) is 38.3 Å². The predicted molar refractivity (Wildman–Crippen MR) is 76.8 cm³/mol. The van der Waals surface area contributed by atoms with Gasteiger partial charge in [0.15, 0.2) is 0 Å². The minimum atomic E-state index is 0.0227. The number of benzene rings is 1. The summed E-state index contributed by atoms with van der Waals surface area (Å²) < 4.78 is 0. The number of para-hydroxylation sites is 1. The average molecular weight is 246 g/mol.